The molecule has 0 spiro atoms. The molecule has 0 bridgehead atoms. The zero-order chi connectivity index (χ0) is 13.1. The normalized spacial score (nSPS) is 13.4. The van der Waals surface area contributed by atoms with Crippen molar-refractivity contribution in [3.8, 4) is 0 Å². The number of rotatable bonds is 4. The number of aryl methyl sites for hydroxylation is 1. The molecule has 3 nitrogen and oxygen atoms in total. The van der Waals surface area contributed by atoms with Crippen LogP contribution in [0, 0.1) is 0 Å². The van der Waals surface area contributed by atoms with Crippen LogP contribution in [-0.2, 0) is 17.4 Å². The molecule has 0 heterocycles. The fraction of sp³-hybridized carbons (Fsp3) is 0.364. The number of carboxylic acids is 1. The first-order chi connectivity index (χ1) is 7.80. The van der Waals surface area contributed by atoms with Crippen molar-refractivity contribution in [3.63, 3.8) is 0 Å². The number of benzene rings is 1. The Bertz CT molecular complexity index is 404. The van der Waals surface area contributed by atoms with Gasteiger partial charge in [0, 0.05) is 0 Å². The van der Waals surface area contributed by atoms with Gasteiger partial charge in [0.05, 0.1) is 5.56 Å². The number of carbonyl (C=O) groups is 1. The van der Waals surface area contributed by atoms with Crippen LogP contribution in [0.15, 0.2) is 24.3 Å². The van der Waals surface area contributed by atoms with Gasteiger partial charge in [-0.15, -0.1) is 0 Å². The first kappa shape index (κ1) is 13.5. The van der Waals surface area contributed by atoms with Gasteiger partial charge >= 0.3 is 12.1 Å². The summed E-state index contributed by atoms with van der Waals surface area (Å²) < 4.78 is 37.1. The molecule has 0 fully saturated rings. The van der Waals surface area contributed by atoms with E-state index < -0.39 is 23.8 Å². The molecular formula is C11H12F3NO2. The van der Waals surface area contributed by atoms with E-state index in [0.717, 1.165) is 12.1 Å². The molecule has 0 amide bonds. The second-order valence-electron chi connectivity index (χ2n) is 3.68. The molecule has 1 aromatic rings. The fourth-order valence-electron chi connectivity index (χ4n) is 1.35. The fourth-order valence-corrected chi connectivity index (χ4v) is 1.35. The van der Waals surface area contributed by atoms with Gasteiger partial charge in [0.2, 0.25) is 0 Å². The lowest BCUT2D eigenvalue weighted by Crippen LogP contribution is -2.30. The molecule has 0 radical (unpaired) electrons. The topological polar surface area (TPSA) is 63.3 Å². The van der Waals surface area contributed by atoms with Crippen LogP contribution in [0.3, 0.4) is 0 Å². The van der Waals surface area contributed by atoms with Gasteiger partial charge in [-0.25, -0.2) is 0 Å². The Kier molecular flexibility index (Phi) is 4.11. The van der Waals surface area contributed by atoms with Gasteiger partial charge < -0.3 is 10.8 Å². The van der Waals surface area contributed by atoms with Crippen molar-refractivity contribution >= 4 is 5.97 Å². The Morgan fingerprint density at radius 1 is 1.41 bits per heavy atom. The van der Waals surface area contributed by atoms with E-state index in [1.807, 2.05) is 0 Å². The molecule has 6 heteroatoms. The summed E-state index contributed by atoms with van der Waals surface area (Å²) in [7, 11) is 0. The van der Waals surface area contributed by atoms with Crippen LogP contribution in [0.1, 0.15) is 17.5 Å². The summed E-state index contributed by atoms with van der Waals surface area (Å²) in [6.07, 6.45) is -4.07. The predicted molar refractivity (Wildman–Crippen MR) is 55.4 cm³/mol. The molecule has 0 saturated heterocycles. The zero-order valence-corrected chi connectivity index (χ0v) is 8.87. The minimum Gasteiger partial charge on any atom is -0.480 e. The first-order valence-corrected chi connectivity index (χ1v) is 4.95. The molecular weight excluding hydrogens is 235 g/mol. The summed E-state index contributed by atoms with van der Waals surface area (Å²) in [5.74, 6) is -1.16. The standard InChI is InChI=1S/C11H12F3NO2/c12-11(13,14)8-3-1-2-7(6-8)4-5-9(15)10(16)17/h1-3,6,9H,4-5,15H2,(H,16,17). The van der Waals surface area contributed by atoms with E-state index >= 15 is 0 Å². The van der Waals surface area contributed by atoms with Gasteiger partial charge in [0.25, 0.3) is 0 Å². The van der Waals surface area contributed by atoms with Crippen LogP contribution >= 0.6 is 0 Å². The molecule has 17 heavy (non-hydrogen) atoms. The minimum absolute atomic E-state index is 0.108. The first-order valence-electron chi connectivity index (χ1n) is 4.95. The van der Waals surface area contributed by atoms with Gasteiger partial charge in [-0.05, 0) is 24.5 Å². The van der Waals surface area contributed by atoms with Crippen LogP contribution < -0.4 is 5.73 Å². The Labute approximate surface area is 96.0 Å². The number of nitrogens with two attached hydrogens (primary N) is 1. The molecule has 94 valence electrons. The number of carboxylic acid groups (broad SMARTS) is 1. The highest BCUT2D eigenvalue weighted by atomic mass is 19.4. The highest BCUT2D eigenvalue weighted by Crippen LogP contribution is 2.29. The summed E-state index contributed by atoms with van der Waals surface area (Å²) in [6.45, 7) is 0. The quantitative estimate of drug-likeness (QED) is 0.855. The van der Waals surface area contributed by atoms with Crippen LogP contribution in [-0.4, -0.2) is 17.1 Å². The summed E-state index contributed by atoms with van der Waals surface area (Å²) >= 11 is 0. The van der Waals surface area contributed by atoms with E-state index in [0.29, 0.717) is 5.56 Å². The Hall–Kier alpha value is -1.56. The third kappa shape index (κ3) is 4.07. The van der Waals surface area contributed by atoms with Crippen molar-refractivity contribution in [2.75, 3.05) is 0 Å². The lowest BCUT2D eigenvalue weighted by Gasteiger charge is -2.09. The molecule has 1 aromatic carbocycles. The number of halogens is 3. The lowest BCUT2D eigenvalue weighted by molar-refractivity contribution is -0.139. The number of hydrogen-bond acceptors (Lipinski definition) is 2. The maximum Gasteiger partial charge on any atom is 0.416 e. The van der Waals surface area contributed by atoms with E-state index in [1.54, 1.807) is 0 Å². The molecule has 0 aliphatic rings. The van der Waals surface area contributed by atoms with Crippen LogP contribution in [0.5, 0.6) is 0 Å². The lowest BCUT2D eigenvalue weighted by atomic mass is 10.0. The Morgan fingerprint density at radius 2 is 2.06 bits per heavy atom. The number of aliphatic carboxylic acids is 1. The van der Waals surface area contributed by atoms with Gasteiger partial charge in [0.1, 0.15) is 6.04 Å². The van der Waals surface area contributed by atoms with E-state index in [4.69, 9.17) is 10.8 Å². The summed E-state index contributed by atoms with van der Waals surface area (Å²) in [5.41, 5.74) is 4.96. The molecule has 0 aliphatic carbocycles. The zero-order valence-electron chi connectivity index (χ0n) is 8.87. The minimum atomic E-state index is -4.38. The number of alkyl halides is 3. The average molecular weight is 247 g/mol. The maximum absolute atomic E-state index is 12.4. The molecule has 3 N–H and O–H groups in total. The molecule has 1 unspecified atom stereocenters. The van der Waals surface area contributed by atoms with Crippen molar-refractivity contribution in [2.45, 2.75) is 25.1 Å². The van der Waals surface area contributed by atoms with Crippen molar-refractivity contribution in [1.29, 1.82) is 0 Å². The van der Waals surface area contributed by atoms with Crippen LogP contribution in [0.4, 0.5) is 13.2 Å². The molecule has 1 atom stereocenters. The van der Waals surface area contributed by atoms with Crippen molar-refractivity contribution in [2.24, 2.45) is 5.73 Å². The van der Waals surface area contributed by atoms with Gasteiger partial charge in [-0.3, -0.25) is 4.79 Å². The molecule has 0 saturated carbocycles. The summed E-state index contributed by atoms with van der Waals surface area (Å²) in [4.78, 5) is 10.4. The van der Waals surface area contributed by atoms with Crippen LogP contribution in [0.25, 0.3) is 0 Å². The Morgan fingerprint density at radius 3 is 2.59 bits per heavy atom. The van der Waals surface area contributed by atoms with Crippen molar-refractivity contribution in [3.05, 3.63) is 35.4 Å². The van der Waals surface area contributed by atoms with E-state index in [1.165, 1.54) is 12.1 Å². The third-order valence-corrected chi connectivity index (χ3v) is 2.32. The highest BCUT2D eigenvalue weighted by molar-refractivity contribution is 5.73. The largest absolute Gasteiger partial charge is 0.480 e. The smallest absolute Gasteiger partial charge is 0.416 e. The SMILES string of the molecule is NC(CCc1cccc(C(F)(F)F)c1)C(=O)O. The van der Waals surface area contributed by atoms with Gasteiger partial charge in [-0.2, -0.15) is 13.2 Å². The maximum atomic E-state index is 12.4. The predicted octanol–water partition coefficient (Wildman–Crippen LogP) is 2.05. The van der Waals surface area contributed by atoms with E-state index in [2.05, 4.69) is 0 Å². The average Bonchev–Trinajstić information content (AvgIpc) is 2.25. The molecule has 1 rings (SSSR count). The number of hydrogen-bond donors (Lipinski definition) is 2. The van der Waals surface area contributed by atoms with Crippen LogP contribution in [0.2, 0.25) is 0 Å². The van der Waals surface area contributed by atoms with Gasteiger partial charge in [0.15, 0.2) is 0 Å². The van der Waals surface area contributed by atoms with E-state index in [-0.39, 0.29) is 12.8 Å². The molecule has 0 aromatic heterocycles. The molecule has 0 aliphatic heterocycles. The summed E-state index contributed by atoms with van der Waals surface area (Å²) in [5, 5.41) is 8.54. The highest BCUT2D eigenvalue weighted by Gasteiger charge is 2.30. The second kappa shape index (κ2) is 5.18. The second-order valence-corrected chi connectivity index (χ2v) is 3.68. The monoisotopic (exact) mass is 247 g/mol. The third-order valence-electron chi connectivity index (χ3n) is 2.32. The van der Waals surface area contributed by atoms with Crippen molar-refractivity contribution < 1.29 is 23.1 Å². The van der Waals surface area contributed by atoms with E-state index in [9.17, 15) is 18.0 Å². The van der Waals surface area contributed by atoms with Gasteiger partial charge in [-0.1, -0.05) is 18.2 Å². The van der Waals surface area contributed by atoms with Crippen molar-refractivity contribution in [1.82, 2.24) is 0 Å². The summed E-state index contributed by atoms with van der Waals surface area (Å²) in [6, 6.07) is 3.74. The Balaban J connectivity index is 2.70.